The second-order valence-corrected chi connectivity index (χ2v) is 6.49. The Hall–Kier alpha value is -1.56. The van der Waals surface area contributed by atoms with Crippen LogP contribution in [0.4, 0.5) is 0 Å². The number of halogens is 1. The molecule has 0 aliphatic carbocycles. The minimum absolute atomic E-state index is 0.175. The van der Waals surface area contributed by atoms with E-state index >= 15 is 0 Å². The number of rotatable bonds is 4. The number of H-pyrrole nitrogens is 2. The summed E-state index contributed by atoms with van der Waals surface area (Å²) >= 11 is 7.50. The van der Waals surface area contributed by atoms with E-state index in [1.807, 2.05) is 30.3 Å². The Kier molecular flexibility index (Phi) is 3.65. The van der Waals surface area contributed by atoms with Crippen LogP contribution in [0.3, 0.4) is 0 Å². The molecule has 3 aromatic rings. The highest BCUT2D eigenvalue weighted by Gasteiger charge is 2.08. The van der Waals surface area contributed by atoms with E-state index in [1.165, 1.54) is 4.88 Å². The zero-order valence-electron chi connectivity index (χ0n) is 10.9. The van der Waals surface area contributed by atoms with Crippen molar-refractivity contribution in [2.24, 2.45) is 0 Å². The fourth-order valence-corrected chi connectivity index (χ4v) is 3.18. The number of aromatic amines is 2. The highest BCUT2D eigenvalue weighted by atomic mass is 35.5. The third-order valence-corrected chi connectivity index (χ3v) is 4.48. The number of fused-ring (bicyclic) bond motifs is 1. The molecule has 0 fully saturated rings. The van der Waals surface area contributed by atoms with E-state index in [9.17, 15) is 4.79 Å². The van der Waals surface area contributed by atoms with E-state index in [0.717, 1.165) is 27.5 Å². The number of nitrogens with one attached hydrogen (secondary N) is 3. The molecule has 0 saturated heterocycles. The normalized spacial score (nSPS) is 12.9. The molecule has 20 heavy (non-hydrogen) atoms. The SMILES string of the molecule is CC(NCc1ccc(Cl)s1)c1ccc2[nH]c(=O)[nH]c2c1. The summed E-state index contributed by atoms with van der Waals surface area (Å²) in [5.41, 5.74) is 2.62. The first kappa shape index (κ1) is 13.4. The van der Waals surface area contributed by atoms with Gasteiger partial charge >= 0.3 is 5.69 Å². The Morgan fingerprint density at radius 2 is 2.05 bits per heavy atom. The number of thiophene rings is 1. The van der Waals surface area contributed by atoms with Crippen molar-refractivity contribution in [1.82, 2.24) is 15.3 Å². The molecule has 4 nitrogen and oxygen atoms in total. The molecule has 0 bridgehead atoms. The van der Waals surface area contributed by atoms with Gasteiger partial charge in [0, 0.05) is 17.5 Å². The van der Waals surface area contributed by atoms with Gasteiger partial charge in [0.25, 0.3) is 0 Å². The van der Waals surface area contributed by atoms with Crippen LogP contribution in [-0.2, 0) is 6.54 Å². The van der Waals surface area contributed by atoms with Gasteiger partial charge in [0.2, 0.25) is 0 Å². The first-order chi connectivity index (χ1) is 9.61. The Labute approximate surface area is 124 Å². The predicted octanol–water partition coefficient (Wildman–Crippen LogP) is 3.42. The molecule has 0 aliphatic heterocycles. The maximum atomic E-state index is 11.2. The van der Waals surface area contributed by atoms with E-state index in [4.69, 9.17) is 11.6 Å². The molecule has 0 radical (unpaired) electrons. The van der Waals surface area contributed by atoms with Crippen molar-refractivity contribution in [1.29, 1.82) is 0 Å². The van der Waals surface area contributed by atoms with E-state index in [0.29, 0.717) is 0 Å². The van der Waals surface area contributed by atoms with Crippen LogP contribution in [0.5, 0.6) is 0 Å². The smallest absolute Gasteiger partial charge is 0.306 e. The topological polar surface area (TPSA) is 60.7 Å². The summed E-state index contributed by atoms with van der Waals surface area (Å²) < 4.78 is 0.806. The number of imidazole rings is 1. The summed E-state index contributed by atoms with van der Waals surface area (Å²) in [5.74, 6) is 0. The van der Waals surface area contributed by atoms with Gasteiger partial charge in [0.05, 0.1) is 15.4 Å². The minimum Gasteiger partial charge on any atom is -0.306 e. The Bertz CT molecular complexity index is 789. The van der Waals surface area contributed by atoms with Gasteiger partial charge < -0.3 is 15.3 Å². The summed E-state index contributed by atoms with van der Waals surface area (Å²) in [6.07, 6.45) is 0. The van der Waals surface area contributed by atoms with Crippen molar-refractivity contribution in [3.63, 3.8) is 0 Å². The van der Waals surface area contributed by atoms with E-state index in [1.54, 1.807) is 11.3 Å². The average Bonchev–Trinajstić information content (AvgIpc) is 2.99. The number of hydrogen-bond acceptors (Lipinski definition) is 3. The van der Waals surface area contributed by atoms with Crippen LogP contribution in [0.1, 0.15) is 23.4 Å². The van der Waals surface area contributed by atoms with Crippen LogP contribution in [-0.4, -0.2) is 9.97 Å². The molecule has 0 spiro atoms. The van der Waals surface area contributed by atoms with Crippen LogP contribution in [0, 0.1) is 0 Å². The largest absolute Gasteiger partial charge is 0.323 e. The summed E-state index contributed by atoms with van der Waals surface area (Å²) in [5, 5.41) is 3.45. The molecule has 3 rings (SSSR count). The molecule has 1 unspecified atom stereocenters. The van der Waals surface area contributed by atoms with Crippen LogP contribution < -0.4 is 11.0 Å². The summed E-state index contributed by atoms with van der Waals surface area (Å²) in [6.45, 7) is 2.88. The minimum atomic E-state index is -0.175. The lowest BCUT2D eigenvalue weighted by Crippen LogP contribution is -2.17. The number of aromatic nitrogens is 2. The predicted molar refractivity (Wildman–Crippen MR) is 83.5 cm³/mol. The zero-order chi connectivity index (χ0) is 14.1. The fraction of sp³-hybridized carbons (Fsp3) is 0.214. The third kappa shape index (κ3) is 2.80. The molecule has 1 atom stereocenters. The molecule has 0 amide bonds. The van der Waals surface area contributed by atoms with Crippen LogP contribution >= 0.6 is 22.9 Å². The fourth-order valence-electron chi connectivity index (χ4n) is 2.14. The van der Waals surface area contributed by atoms with Crippen LogP contribution in [0.2, 0.25) is 4.34 Å². The van der Waals surface area contributed by atoms with Crippen molar-refractivity contribution in [2.75, 3.05) is 0 Å². The third-order valence-electron chi connectivity index (χ3n) is 3.25. The highest BCUT2D eigenvalue weighted by Crippen LogP contribution is 2.22. The maximum absolute atomic E-state index is 11.2. The molecule has 1 aromatic carbocycles. The van der Waals surface area contributed by atoms with Gasteiger partial charge in [-0.1, -0.05) is 17.7 Å². The lowest BCUT2D eigenvalue weighted by Gasteiger charge is -2.13. The molecule has 2 aromatic heterocycles. The average molecular weight is 308 g/mol. The van der Waals surface area contributed by atoms with Gasteiger partial charge in [0.1, 0.15) is 0 Å². The van der Waals surface area contributed by atoms with E-state index < -0.39 is 0 Å². The van der Waals surface area contributed by atoms with Gasteiger partial charge in [-0.25, -0.2) is 4.79 Å². The lowest BCUT2D eigenvalue weighted by atomic mass is 10.1. The zero-order valence-corrected chi connectivity index (χ0v) is 12.4. The van der Waals surface area contributed by atoms with Crippen molar-refractivity contribution in [3.05, 3.63) is 55.6 Å². The molecule has 0 aliphatic rings. The van der Waals surface area contributed by atoms with E-state index in [2.05, 4.69) is 22.2 Å². The molecular formula is C14H14ClN3OS. The standard InChI is InChI=1S/C14H14ClN3OS/c1-8(16-7-10-3-5-13(15)20-10)9-2-4-11-12(6-9)18-14(19)17-11/h2-6,8,16H,7H2,1H3,(H2,17,18,19). The highest BCUT2D eigenvalue weighted by molar-refractivity contribution is 7.16. The number of hydrogen-bond donors (Lipinski definition) is 3. The summed E-state index contributed by atoms with van der Waals surface area (Å²) in [7, 11) is 0. The molecule has 0 saturated carbocycles. The van der Waals surface area contributed by atoms with Gasteiger partial charge in [-0.15, -0.1) is 11.3 Å². The molecule has 2 heterocycles. The summed E-state index contributed by atoms with van der Waals surface area (Å²) in [4.78, 5) is 18.0. The van der Waals surface area contributed by atoms with Crippen molar-refractivity contribution >= 4 is 34.0 Å². The van der Waals surface area contributed by atoms with Crippen LogP contribution in [0.25, 0.3) is 11.0 Å². The molecule has 6 heteroatoms. The summed E-state index contributed by atoms with van der Waals surface area (Å²) in [6, 6.07) is 10.1. The van der Waals surface area contributed by atoms with Crippen LogP contribution in [0.15, 0.2) is 35.1 Å². The lowest BCUT2D eigenvalue weighted by molar-refractivity contribution is 0.579. The van der Waals surface area contributed by atoms with Gasteiger partial charge in [-0.2, -0.15) is 0 Å². The number of benzene rings is 1. The second kappa shape index (κ2) is 5.44. The van der Waals surface area contributed by atoms with Gasteiger partial charge in [-0.05, 0) is 36.8 Å². The van der Waals surface area contributed by atoms with Gasteiger partial charge in [0.15, 0.2) is 0 Å². The molecule has 104 valence electrons. The Morgan fingerprint density at radius 3 is 2.80 bits per heavy atom. The Balaban J connectivity index is 1.74. The van der Waals surface area contributed by atoms with Crippen molar-refractivity contribution in [2.45, 2.75) is 19.5 Å². The maximum Gasteiger partial charge on any atom is 0.323 e. The van der Waals surface area contributed by atoms with Crippen molar-refractivity contribution < 1.29 is 0 Å². The molecule has 3 N–H and O–H groups in total. The quantitative estimate of drug-likeness (QED) is 0.691. The van der Waals surface area contributed by atoms with Gasteiger partial charge in [-0.3, -0.25) is 0 Å². The Morgan fingerprint density at radius 1 is 1.25 bits per heavy atom. The second-order valence-electron chi connectivity index (χ2n) is 4.69. The first-order valence-corrected chi connectivity index (χ1v) is 7.51. The first-order valence-electron chi connectivity index (χ1n) is 6.31. The van der Waals surface area contributed by atoms with E-state index in [-0.39, 0.29) is 11.7 Å². The monoisotopic (exact) mass is 307 g/mol. The molecular weight excluding hydrogens is 294 g/mol. The van der Waals surface area contributed by atoms with Crippen molar-refractivity contribution in [3.8, 4) is 0 Å².